The van der Waals surface area contributed by atoms with Crippen molar-refractivity contribution in [3.8, 4) is 5.75 Å². The Labute approximate surface area is 91.9 Å². The molecule has 0 heterocycles. The fourth-order valence-electron chi connectivity index (χ4n) is 1.06. The van der Waals surface area contributed by atoms with Gasteiger partial charge in [-0.15, -0.1) is 11.6 Å². The van der Waals surface area contributed by atoms with Gasteiger partial charge in [-0.05, 0) is 18.6 Å². The van der Waals surface area contributed by atoms with E-state index >= 15 is 0 Å². The van der Waals surface area contributed by atoms with Crippen molar-refractivity contribution in [3.63, 3.8) is 0 Å². The van der Waals surface area contributed by atoms with Crippen molar-refractivity contribution in [1.29, 1.82) is 0 Å². The summed E-state index contributed by atoms with van der Waals surface area (Å²) in [4.78, 5) is 11.4. The second-order valence-electron chi connectivity index (χ2n) is 2.96. The summed E-state index contributed by atoms with van der Waals surface area (Å²) in [5, 5.41) is 11.8. The van der Waals surface area contributed by atoms with Gasteiger partial charge in [0, 0.05) is 18.5 Å². The maximum atomic E-state index is 12.6. The molecule has 3 nitrogen and oxygen atoms in total. The highest BCUT2D eigenvalue weighted by atomic mass is 35.5. The van der Waals surface area contributed by atoms with E-state index in [1.807, 2.05) is 0 Å². The first kappa shape index (κ1) is 11.8. The van der Waals surface area contributed by atoms with Gasteiger partial charge in [-0.1, -0.05) is 0 Å². The average molecular weight is 232 g/mol. The summed E-state index contributed by atoms with van der Waals surface area (Å²) in [6.07, 6.45) is 0.648. The number of amides is 1. The van der Waals surface area contributed by atoms with Crippen LogP contribution in [0.5, 0.6) is 5.75 Å². The average Bonchev–Trinajstić information content (AvgIpc) is 2.17. The van der Waals surface area contributed by atoms with Gasteiger partial charge in [0.1, 0.15) is 11.6 Å². The lowest BCUT2D eigenvalue weighted by Crippen LogP contribution is -2.24. The highest BCUT2D eigenvalue weighted by Gasteiger charge is 2.10. The van der Waals surface area contributed by atoms with Crippen molar-refractivity contribution in [2.45, 2.75) is 6.42 Å². The summed E-state index contributed by atoms with van der Waals surface area (Å²) in [6, 6.07) is 3.26. The van der Waals surface area contributed by atoms with Crippen LogP contribution < -0.4 is 5.32 Å². The maximum absolute atomic E-state index is 12.6. The first-order valence-electron chi connectivity index (χ1n) is 4.48. The predicted molar refractivity (Wildman–Crippen MR) is 55.7 cm³/mol. The minimum absolute atomic E-state index is 0.0611. The van der Waals surface area contributed by atoms with Gasteiger partial charge >= 0.3 is 0 Å². The molecule has 0 aliphatic rings. The van der Waals surface area contributed by atoms with E-state index < -0.39 is 11.7 Å². The van der Waals surface area contributed by atoms with Crippen LogP contribution in [-0.4, -0.2) is 23.4 Å². The molecule has 5 heteroatoms. The van der Waals surface area contributed by atoms with E-state index in [0.29, 0.717) is 18.8 Å². The van der Waals surface area contributed by atoms with Gasteiger partial charge in [0.15, 0.2) is 0 Å². The second kappa shape index (κ2) is 5.56. The van der Waals surface area contributed by atoms with Crippen molar-refractivity contribution in [2.75, 3.05) is 12.4 Å². The third kappa shape index (κ3) is 3.40. The van der Waals surface area contributed by atoms with Crippen molar-refractivity contribution >= 4 is 17.5 Å². The van der Waals surface area contributed by atoms with Crippen LogP contribution in [0.4, 0.5) is 4.39 Å². The molecule has 15 heavy (non-hydrogen) atoms. The summed E-state index contributed by atoms with van der Waals surface area (Å²) in [5.74, 6) is -0.920. The number of phenols is 1. The number of carbonyl (C=O) groups excluding carboxylic acids is 1. The van der Waals surface area contributed by atoms with E-state index in [4.69, 9.17) is 11.6 Å². The molecule has 0 saturated carbocycles. The molecular weight excluding hydrogens is 221 g/mol. The molecule has 0 atom stereocenters. The van der Waals surface area contributed by atoms with E-state index in [0.717, 1.165) is 12.1 Å². The van der Waals surface area contributed by atoms with Crippen LogP contribution in [0, 0.1) is 5.82 Å². The number of nitrogens with one attached hydrogen (secondary N) is 1. The van der Waals surface area contributed by atoms with Gasteiger partial charge in [0.2, 0.25) is 0 Å². The highest BCUT2D eigenvalue weighted by molar-refractivity contribution is 6.17. The number of aromatic hydroxyl groups is 1. The third-order valence-corrected chi connectivity index (χ3v) is 2.07. The van der Waals surface area contributed by atoms with Gasteiger partial charge in [-0.2, -0.15) is 0 Å². The van der Waals surface area contributed by atoms with Gasteiger partial charge in [0.05, 0.1) is 5.56 Å². The van der Waals surface area contributed by atoms with Crippen LogP contribution in [0.2, 0.25) is 0 Å². The van der Waals surface area contributed by atoms with E-state index in [1.165, 1.54) is 6.07 Å². The maximum Gasteiger partial charge on any atom is 0.255 e. The number of phenolic OH excluding ortho intramolecular Hbond substituents is 1. The number of rotatable bonds is 4. The summed E-state index contributed by atoms with van der Waals surface area (Å²) in [6.45, 7) is 0.430. The molecule has 1 rings (SSSR count). The van der Waals surface area contributed by atoms with E-state index in [1.54, 1.807) is 0 Å². The minimum Gasteiger partial charge on any atom is -0.507 e. The zero-order valence-corrected chi connectivity index (χ0v) is 8.72. The van der Waals surface area contributed by atoms with Crippen molar-refractivity contribution in [2.24, 2.45) is 0 Å². The molecule has 82 valence electrons. The minimum atomic E-state index is -0.579. The predicted octanol–water partition coefficient (Wildman–Crippen LogP) is 1.89. The molecule has 0 aromatic heterocycles. The zero-order chi connectivity index (χ0) is 11.3. The normalized spacial score (nSPS) is 10.0. The number of halogens is 2. The van der Waals surface area contributed by atoms with Crippen LogP contribution in [0.1, 0.15) is 16.8 Å². The largest absolute Gasteiger partial charge is 0.507 e. The van der Waals surface area contributed by atoms with Gasteiger partial charge < -0.3 is 10.4 Å². The highest BCUT2D eigenvalue weighted by Crippen LogP contribution is 2.17. The lowest BCUT2D eigenvalue weighted by atomic mass is 10.2. The Hall–Kier alpha value is -1.29. The first-order valence-corrected chi connectivity index (χ1v) is 5.01. The van der Waals surface area contributed by atoms with E-state index in [2.05, 4.69) is 5.32 Å². The molecule has 1 aromatic carbocycles. The Morgan fingerprint density at radius 1 is 1.53 bits per heavy atom. The summed E-state index contributed by atoms with van der Waals surface area (Å²) < 4.78 is 12.6. The molecular formula is C10H11ClFNO2. The molecule has 1 aromatic rings. The molecule has 0 unspecified atom stereocenters. The molecule has 0 spiro atoms. The Balaban J connectivity index is 2.65. The first-order chi connectivity index (χ1) is 7.15. The van der Waals surface area contributed by atoms with Crippen LogP contribution in [0.3, 0.4) is 0 Å². The lowest BCUT2D eigenvalue weighted by Gasteiger charge is -2.05. The number of carbonyl (C=O) groups is 1. The van der Waals surface area contributed by atoms with E-state index in [-0.39, 0.29) is 11.3 Å². The Morgan fingerprint density at radius 2 is 2.27 bits per heavy atom. The number of hydrogen-bond acceptors (Lipinski definition) is 2. The lowest BCUT2D eigenvalue weighted by molar-refractivity contribution is 0.0951. The molecule has 0 radical (unpaired) electrons. The molecule has 0 fully saturated rings. The van der Waals surface area contributed by atoms with Crippen LogP contribution in [-0.2, 0) is 0 Å². The standard InChI is InChI=1S/C10H11ClFNO2/c11-4-1-5-13-10(15)8-3-2-7(12)6-9(8)14/h2-3,6,14H,1,4-5H2,(H,13,15). The fourth-order valence-corrected chi connectivity index (χ4v) is 1.19. The quantitative estimate of drug-likeness (QED) is 0.614. The summed E-state index contributed by atoms with van der Waals surface area (Å²) >= 11 is 5.43. The molecule has 0 saturated heterocycles. The number of hydrogen-bond donors (Lipinski definition) is 2. The van der Waals surface area contributed by atoms with Crippen LogP contribution in [0.25, 0.3) is 0 Å². The van der Waals surface area contributed by atoms with E-state index in [9.17, 15) is 14.3 Å². The Bertz CT molecular complexity index is 357. The van der Waals surface area contributed by atoms with Gasteiger partial charge in [0.25, 0.3) is 5.91 Å². The summed E-state index contributed by atoms with van der Waals surface area (Å²) in [7, 11) is 0. The molecule has 1 amide bonds. The van der Waals surface area contributed by atoms with Crippen LogP contribution >= 0.6 is 11.6 Å². The third-order valence-electron chi connectivity index (χ3n) is 1.80. The van der Waals surface area contributed by atoms with Crippen molar-refractivity contribution < 1.29 is 14.3 Å². The van der Waals surface area contributed by atoms with Gasteiger partial charge in [-0.25, -0.2) is 4.39 Å². The Morgan fingerprint density at radius 3 is 2.87 bits per heavy atom. The molecule has 0 bridgehead atoms. The second-order valence-corrected chi connectivity index (χ2v) is 3.34. The fraction of sp³-hybridized carbons (Fsp3) is 0.300. The zero-order valence-electron chi connectivity index (χ0n) is 7.96. The summed E-state index contributed by atoms with van der Waals surface area (Å²) in [5.41, 5.74) is 0.0611. The SMILES string of the molecule is O=C(NCCCCl)c1ccc(F)cc1O. The number of alkyl halides is 1. The van der Waals surface area contributed by atoms with Gasteiger partial charge in [-0.3, -0.25) is 4.79 Å². The smallest absolute Gasteiger partial charge is 0.255 e. The monoisotopic (exact) mass is 231 g/mol. The number of benzene rings is 1. The molecule has 0 aliphatic carbocycles. The van der Waals surface area contributed by atoms with Crippen molar-refractivity contribution in [3.05, 3.63) is 29.6 Å². The Kier molecular flexibility index (Phi) is 4.37. The topological polar surface area (TPSA) is 49.3 Å². The molecule has 2 N–H and O–H groups in total. The van der Waals surface area contributed by atoms with Crippen molar-refractivity contribution in [1.82, 2.24) is 5.32 Å². The van der Waals surface area contributed by atoms with Crippen LogP contribution in [0.15, 0.2) is 18.2 Å². The molecule has 0 aliphatic heterocycles.